The quantitative estimate of drug-likeness (QED) is 0.369. The number of amides is 3. The molecule has 2 unspecified atom stereocenters. The monoisotopic (exact) mass is 486 g/mol. The first-order valence-corrected chi connectivity index (χ1v) is 13.0. The van der Waals surface area contributed by atoms with Crippen LogP contribution in [-0.2, 0) is 20.8 Å². The molecule has 8 heteroatoms. The molecule has 2 rings (SSSR count). The van der Waals surface area contributed by atoms with Crippen molar-refractivity contribution in [2.24, 2.45) is 5.92 Å². The van der Waals surface area contributed by atoms with Crippen molar-refractivity contribution in [1.29, 1.82) is 0 Å². The van der Waals surface area contributed by atoms with Crippen LogP contribution in [0.5, 0.6) is 0 Å². The van der Waals surface area contributed by atoms with Crippen LogP contribution < -0.4 is 16.0 Å². The Bertz CT molecular complexity index is 913. The largest absolute Gasteiger partial charge is 0.377 e. The third-order valence-electron chi connectivity index (χ3n) is 5.98. The molecule has 7 nitrogen and oxygen atoms in total. The number of hydrogen-bond acceptors (Lipinski definition) is 6. The minimum atomic E-state index is -0.504. The van der Waals surface area contributed by atoms with Gasteiger partial charge in [-0.05, 0) is 43.2 Å². The van der Waals surface area contributed by atoms with Crippen molar-refractivity contribution in [3.05, 3.63) is 54.4 Å². The molecule has 0 saturated carbocycles. The van der Waals surface area contributed by atoms with Gasteiger partial charge in [-0.2, -0.15) is 11.8 Å². The number of imide groups is 1. The number of likely N-dealkylation sites (tertiary alicyclic amines) is 1. The third kappa shape index (κ3) is 7.38. The molecular weight excluding hydrogens is 448 g/mol. The van der Waals surface area contributed by atoms with Crippen molar-refractivity contribution in [2.75, 3.05) is 18.1 Å². The van der Waals surface area contributed by atoms with Gasteiger partial charge in [0.15, 0.2) is 0 Å². The first-order chi connectivity index (χ1) is 16.1. The lowest BCUT2D eigenvalue weighted by atomic mass is 10.0. The van der Waals surface area contributed by atoms with Crippen LogP contribution in [0.4, 0.5) is 5.69 Å². The van der Waals surface area contributed by atoms with E-state index in [9.17, 15) is 14.4 Å². The second-order valence-electron chi connectivity index (χ2n) is 8.96. The number of carbonyl (C=O) groups excluding carboxylic acids is 3. The van der Waals surface area contributed by atoms with Gasteiger partial charge in [-0.25, -0.2) is 0 Å². The Labute approximate surface area is 207 Å². The van der Waals surface area contributed by atoms with Gasteiger partial charge in [-0.3, -0.25) is 19.3 Å². The third-order valence-corrected chi connectivity index (χ3v) is 6.92. The zero-order valence-electron chi connectivity index (χ0n) is 20.9. The van der Waals surface area contributed by atoms with Crippen LogP contribution in [0.25, 0.3) is 0 Å². The predicted molar refractivity (Wildman–Crippen MR) is 140 cm³/mol. The van der Waals surface area contributed by atoms with Crippen LogP contribution in [0.15, 0.2) is 48.8 Å². The number of hydrogen-bond donors (Lipinski definition) is 3. The normalized spacial score (nSPS) is 17.5. The molecule has 0 aromatic heterocycles. The van der Waals surface area contributed by atoms with Gasteiger partial charge in [0.2, 0.25) is 17.7 Å². The summed E-state index contributed by atoms with van der Waals surface area (Å²) in [4.78, 5) is 38.7. The maximum atomic E-state index is 13.0. The fourth-order valence-corrected chi connectivity index (χ4v) is 4.29. The van der Waals surface area contributed by atoms with E-state index < -0.39 is 6.04 Å². The molecule has 0 aliphatic carbocycles. The van der Waals surface area contributed by atoms with Gasteiger partial charge in [0.25, 0.3) is 0 Å². The molecule has 0 bridgehead atoms. The van der Waals surface area contributed by atoms with Crippen molar-refractivity contribution in [3.63, 3.8) is 0 Å². The Hall–Kier alpha value is -2.74. The van der Waals surface area contributed by atoms with Gasteiger partial charge in [0.1, 0.15) is 6.04 Å². The molecule has 34 heavy (non-hydrogen) atoms. The fourth-order valence-electron chi connectivity index (χ4n) is 3.65. The summed E-state index contributed by atoms with van der Waals surface area (Å²) in [6.45, 7) is 16.3. The summed E-state index contributed by atoms with van der Waals surface area (Å²) in [6, 6.07) is 7.33. The number of nitrogens with one attached hydrogen (secondary N) is 3. The van der Waals surface area contributed by atoms with E-state index in [0.717, 1.165) is 12.1 Å². The Morgan fingerprint density at radius 2 is 1.79 bits per heavy atom. The van der Waals surface area contributed by atoms with Gasteiger partial charge in [-0.15, -0.1) is 0 Å². The van der Waals surface area contributed by atoms with Crippen LogP contribution in [-0.4, -0.2) is 52.8 Å². The summed E-state index contributed by atoms with van der Waals surface area (Å²) in [5.41, 5.74) is 3.48. The minimum absolute atomic E-state index is 0.00249. The molecule has 1 aromatic carbocycles. The van der Waals surface area contributed by atoms with Crippen LogP contribution in [0.1, 0.15) is 46.1 Å². The average molecular weight is 487 g/mol. The van der Waals surface area contributed by atoms with Crippen molar-refractivity contribution in [1.82, 2.24) is 15.5 Å². The Morgan fingerprint density at radius 3 is 2.32 bits per heavy atom. The Balaban J connectivity index is 1.88. The summed E-state index contributed by atoms with van der Waals surface area (Å²) >= 11 is 1.40. The van der Waals surface area contributed by atoms with Crippen LogP contribution in [0, 0.1) is 5.92 Å². The molecule has 0 spiro atoms. The van der Waals surface area contributed by atoms with Gasteiger partial charge >= 0.3 is 0 Å². The maximum absolute atomic E-state index is 13.0. The highest BCUT2D eigenvalue weighted by atomic mass is 32.2. The van der Waals surface area contributed by atoms with Crippen molar-refractivity contribution >= 4 is 35.2 Å². The van der Waals surface area contributed by atoms with Gasteiger partial charge < -0.3 is 16.0 Å². The predicted octanol–water partition coefficient (Wildman–Crippen LogP) is 3.69. The van der Waals surface area contributed by atoms with E-state index in [1.54, 1.807) is 0 Å². The first-order valence-electron chi connectivity index (χ1n) is 11.7. The summed E-state index contributed by atoms with van der Waals surface area (Å²) in [5, 5.41) is 9.16. The number of benzene rings is 1. The van der Waals surface area contributed by atoms with Gasteiger partial charge in [0.05, 0.1) is 11.3 Å². The van der Waals surface area contributed by atoms with E-state index in [-0.39, 0.29) is 47.9 Å². The molecule has 1 aromatic rings. The zero-order valence-corrected chi connectivity index (χ0v) is 21.8. The van der Waals surface area contributed by atoms with Gasteiger partial charge in [0, 0.05) is 36.5 Å². The van der Waals surface area contributed by atoms with Crippen molar-refractivity contribution in [3.8, 4) is 0 Å². The molecule has 1 aliphatic rings. The van der Waals surface area contributed by atoms with Crippen LogP contribution >= 0.6 is 11.8 Å². The highest BCUT2D eigenvalue weighted by Gasteiger charge is 2.37. The average Bonchev–Trinajstić information content (AvgIpc) is 3.08. The highest BCUT2D eigenvalue weighted by molar-refractivity contribution is 8.00. The molecule has 3 amide bonds. The number of carbonyl (C=O) groups is 3. The molecular formula is C26H38N4O3S. The van der Waals surface area contributed by atoms with E-state index >= 15 is 0 Å². The molecule has 1 saturated heterocycles. The van der Waals surface area contributed by atoms with E-state index in [4.69, 9.17) is 0 Å². The van der Waals surface area contributed by atoms with Crippen molar-refractivity contribution < 1.29 is 14.4 Å². The van der Waals surface area contributed by atoms with E-state index in [0.29, 0.717) is 17.8 Å². The lowest BCUT2D eigenvalue weighted by Crippen LogP contribution is -2.50. The Kier molecular flexibility index (Phi) is 10.2. The summed E-state index contributed by atoms with van der Waals surface area (Å²) in [5.74, 6) is -0.460. The fraction of sp³-hybridized carbons (Fsp3) is 0.500. The van der Waals surface area contributed by atoms with Crippen LogP contribution in [0.2, 0.25) is 0 Å². The van der Waals surface area contributed by atoms with Gasteiger partial charge in [-0.1, -0.05) is 46.1 Å². The van der Waals surface area contributed by atoms with Crippen molar-refractivity contribution in [2.45, 2.75) is 64.3 Å². The second-order valence-corrected chi connectivity index (χ2v) is 10.0. The van der Waals surface area contributed by atoms with E-state index in [1.807, 2.05) is 39.2 Å². The molecule has 1 heterocycles. The zero-order chi connectivity index (χ0) is 25.4. The second kappa shape index (κ2) is 12.6. The number of nitrogens with zero attached hydrogens (tertiary/aromatic N) is 1. The molecule has 3 atom stereocenters. The standard InChI is InChI=1S/C26H38N4O3S/c1-8-20-9-11-21(12-10-20)28-18(5)19(6)29-25(32)24(16(2)3)27-17(4)13-14-30-23(31)15-22(34-7)26(30)33/h9-12,16,19,22,24,27-28H,4-5,8,13-15H2,1-3,6-7H3,(H,29,32)/t19-,22?,24?/m0/s1. The lowest BCUT2D eigenvalue weighted by Gasteiger charge is -2.27. The molecule has 3 N–H and O–H groups in total. The minimum Gasteiger partial charge on any atom is -0.377 e. The molecule has 1 aliphatic heterocycles. The lowest BCUT2D eigenvalue weighted by molar-refractivity contribution is -0.138. The molecule has 1 fully saturated rings. The number of aryl methyl sites for hydroxylation is 1. The smallest absolute Gasteiger partial charge is 0.243 e. The van der Waals surface area contributed by atoms with E-state index in [2.05, 4.69) is 48.2 Å². The topological polar surface area (TPSA) is 90.5 Å². The van der Waals surface area contributed by atoms with Crippen LogP contribution in [0.3, 0.4) is 0 Å². The number of rotatable bonds is 13. The summed E-state index contributed by atoms with van der Waals surface area (Å²) in [7, 11) is 0. The molecule has 0 radical (unpaired) electrons. The number of thioether (sulfide) groups is 1. The Morgan fingerprint density at radius 1 is 1.15 bits per heavy atom. The first kappa shape index (κ1) is 27.5. The highest BCUT2D eigenvalue weighted by Crippen LogP contribution is 2.23. The maximum Gasteiger partial charge on any atom is 0.243 e. The number of anilines is 1. The SMILES string of the molecule is C=C(CCN1C(=O)CC(SC)C1=O)NC(C(=O)N[C@@H](C)C(=C)Nc1ccc(CC)cc1)C(C)C. The summed E-state index contributed by atoms with van der Waals surface area (Å²) in [6.07, 6.45) is 3.45. The summed E-state index contributed by atoms with van der Waals surface area (Å²) < 4.78 is 0. The van der Waals surface area contributed by atoms with E-state index in [1.165, 1.54) is 22.2 Å². The molecule has 186 valence electrons.